The average Bonchev–Trinajstić information content (AvgIpc) is 2.89. The van der Waals surface area contributed by atoms with E-state index in [9.17, 15) is 14.7 Å². The topological polar surface area (TPSA) is 174 Å². The molecule has 134 valence electrons. The van der Waals surface area contributed by atoms with Crippen molar-refractivity contribution in [3.05, 3.63) is 22.2 Å². The fourth-order valence-corrected chi connectivity index (χ4v) is 4.26. The Hall–Kier alpha value is -1.49. The number of nitrogens with zero attached hydrogens (tertiary/aromatic N) is 2. The molecular formula is C13H20N4O6Se. The first kappa shape index (κ1) is 18.8. The molecule has 0 amide bonds. The maximum absolute atomic E-state index is 12.0. The van der Waals surface area contributed by atoms with E-state index in [0.717, 1.165) is 0 Å². The van der Waals surface area contributed by atoms with Crippen LogP contribution < -0.4 is 17.2 Å². The molecule has 0 radical (unpaired) electrons. The monoisotopic (exact) mass is 408 g/mol. The van der Waals surface area contributed by atoms with Crippen molar-refractivity contribution < 1.29 is 24.9 Å². The van der Waals surface area contributed by atoms with Crippen molar-refractivity contribution in [2.75, 3.05) is 12.3 Å². The summed E-state index contributed by atoms with van der Waals surface area (Å²) in [6.07, 6.45) is -0.683. The molecule has 0 saturated carbocycles. The number of carboxylic acid groups (broad SMARTS) is 1. The Morgan fingerprint density at radius 2 is 2.29 bits per heavy atom. The van der Waals surface area contributed by atoms with Gasteiger partial charge in [-0.2, -0.15) is 0 Å². The van der Waals surface area contributed by atoms with Gasteiger partial charge in [0.1, 0.15) is 0 Å². The number of ether oxygens (including phenoxy) is 1. The Morgan fingerprint density at radius 1 is 1.58 bits per heavy atom. The van der Waals surface area contributed by atoms with E-state index in [-0.39, 0.29) is 33.8 Å². The SMILES string of the molecule is Nc1nc(=O)n([C@H]2CC(O)[C@@H](CO)O2)cc1C[Se]C[C@H](N)C(=O)O. The van der Waals surface area contributed by atoms with Gasteiger partial charge in [-0.3, -0.25) is 0 Å². The van der Waals surface area contributed by atoms with Crippen LogP contribution in [0.15, 0.2) is 11.0 Å². The molecule has 1 fully saturated rings. The van der Waals surface area contributed by atoms with Gasteiger partial charge in [0.2, 0.25) is 0 Å². The zero-order valence-corrected chi connectivity index (χ0v) is 14.5. The van der Waals surface area contributed by atoms with E-state index in [4.69, 9.17) is 26.4 Å². The first-order valence-corrected chi connectivity index (χ1v) is 9.63. The molecule has 0 aromatic carbocycles. The van der Waals surface area contributed by atoms with Gasteiger partial charge < -0.3 is 0 Å². The second-order valence-electron chi connectivity index (χ2n) is 5.42. The predicted octanol–water partition coefficient (Wildman–Crippen LogP) is -2.50. The van der Waals surface area contributed by atoms with Gasteiger partial charge >= 0.3 is 143 Å². The number of carboxylic acids is 1. The molecule has 1 aromatic heterocycles. The number of rotatable bonds is 7. The summed E-state index contributed by atoms with van der Waals surface area (Å²) in [5.41, 5.74) is 11.2. The predicted molar refractivity (Wildman–Crippen MR) is 84.4 cm³/mol. The van der Waals surface area contributed by atoms with Gasteiger partial charge in [-0.05, 0) is 0 Å². The van der Waals surface area contributed by atoms with Gasteiger partial charge in [0.15, 0.2) is 0 Å². The van der Waals surface area contributed by atoms with Crippen LogP contribution in [0.25, 0.3) is 0 Å². The van der Waals surface area contributed by atoms with Crippen molar-refractivity contribution in [2.24, 2.45) is 5.73 Å². The van der Waals surface area contributed by atoms with Crippen molar-refractivity contribution in [1.82, 2.24) is 9.55 Å². The van der Waals surface area contributed by atoms with Crippen LogP contribution in [0.5, 0.6) is 0 Å². The summed E-state index contributed by atoms with van der Waals surface area (Å²) in [7, 11) is 0. The Balaban J connectivity index is 2.11. The Labute approximate surface area is 143 Å². The number of aromatic nitrogens is 2. The number of carbonyl (C=O) groups is 1. The fourth-order valence-electron chi connectivity index (χ4n) is 2.26. The van der Waals surface area contributed by atoms with Gasteiger partial charge in [-0.15, -0.1) is 0 Å². The van der Waals surface area contributed by atoms with Gasteiger partial charge in [0.05, 0.1) is 0 Å². The normalized spacial score (nSPS) is 24.9. The van der Waals surface area contributed by atoms with E-state index in [0.29, 0.717) is 16.2 Å². The standard InChI is InChI=1S/C13H20N4O6Se/c14-7(12(20)21)5-24-4-6-2-17(13(22)16-11(6)15)10-1-8(19)9(3-18)23-10/h2,7-10,18-19H,1,3-5,14H2,(H,20,21)(H2,15,16,22)/t7-,8?,9+,10+/m0/s1. The number of hydrogen-bond donors (Lipinski definition) is 5. The molecule has 7 N–H and O–H groups in total. The van der Waals surface area contributed by atoms with Crippen LogP contribution in [0.2, 0.25) is 5.32 Å². The summed E-state index contributed by atoms with van der Waals surface area (Å²) >= 11 is -0.125. The molecule has 1 unspecified atom stereocenters. The van der Waals surface area contributed by atoms with E-state index < -0.39 is 36.1 Å². The van der Waals surface area contributed by atoms with E-state index in [1.165, 1.54) is 10.8 Å². The van der Waals surface area contributed by atoms with E-state index in [1.54, 1.807) is 0 Å². The number of nitrogen functional groups attached to an aromatic ring is 1. The van der Waals surface area contributed by atoms with E-state index in [2.05, 4.69) is 4.98 Å². The number of hydrogen-bond acceptors (Lipinski definition) is 8. The maximum atomic E-state index is 12.0. The van der Waals surface area contributed by atoms with Crippen molar-refractivity contribution in [2.45, 2.75) is 41.5 Å². The summed E-state index contributed by atoms with van der Waals surface area (Å²) < 4.78 is 6.68. The van der Waals surface area contributed by atoms with Crippen LogP contribution in [0.4, 0.5) is 5.82 Å². The quantitative estimate of drug-likeness (QED) is 0.306. The third kappa shape index (κ3) is 4.32. The molecule has 0 bridgehead atoms. The van der Waals surface area contributed by atoms with Crippen molar-refractivity contribution in [3.63, 3.8) is 0 Å². The molecule has 1 aromatic rings. The van der Waals surface area contributed by atoms with Crippen molar-refractivity contribution in [1.29, 1.82) is 0 Å². The number of anilines is 1. The molecule has 1 saturated heterocycles. The molecule has 10 nitrogen and oxygen atoms in total. The van der Waals surface area contributed by atoms with Gasteiger partial charge in [0.25, 0.3) is 0 Å². The van der Waals surface area contributed by atoms with Crippen LogP contribution in [0, 0.1) is 0 Å². The van der Waals surface area contributed by atoms with Crippen LogP contribution in [0.3, 0.4) is 0 Å². The second-order valence-corrected chi connectivity index (χ2v) is 7.58. The molecule has 1 aliphatic rings. The third-order valence-corrected chi connectivity index (χ3v) is 5.96. The Bertz CT molecular complexity index is 654. The van der Waals surface area contributed by atoms with Crippen molar-refractivity contribution in [3.8, 4) is 0 Å². The molecule has 4 atom stereocenters. The summed E-state index contributed by atoms with van der Waals surface area (Å²) in [5.74, 6) is -0.976. The van der Waals surface area contributed by atoms with Crippen molar-refractivity contribution >= 4 is 26.7 Å². The molecule has 0 aliphatic carbocycles. The van der Waals surface area contributed by atoms with Gasteiger partial charge in [-0.1, -0.05) is 0 Å². The summed E-state index contributed by atoms with van der Waals surface area (Å²) in [6, 6.07) is -0.927. The minimum absolute atomic E-state index is 0.0827. The molecule has 1 aliphatic heterocycles. The molecule has 11 heteroatoms. The molecular weight excluding hydrogens is 387 g/mol. The average molecular weight is 407 g/mol. The number of nitrogens with two attached hydrogens (primary N) is 2. The van der Waals surface area contributed by atoms with Crippen LogP contribution in [-0.4, -0.2) is 70.7 Å². The van der Waals surface area contributed by atoms with Gasteiger partial charge in [0, 0.05) is 0 Å². The number of aliphatic hydroxyl groups excluding tert-OH is 2. The first-order valence-electron chi connectivity index (χ1n) is 7.21. The molecule has 0 spiro atoms. The zero-order valence-electron chi connectivity index (χ0n) is 12.7. The summed E-state index contributed by atoms with van der Waals surface area (Å²) in [5, 5.41) is 28.5. The van der Waals surface area contributed by atoms with Crippen LogP contribution >= 0.6 is 0 Å². The Kier molecular flexibility index (Phi) is 6.33. The third-order valence-electron chi connectivity index (χ3n) is 3.63. The van der Waals surface area contributed by atoms with E-state index in [1.807, 2.05) is 0 Å². The van der Waals surface area contributed by atoms with Crippen LogP contribution in [-0.2, 0) is 14.9 Å². The first-order chi connectivity index (χ1) is 11.3. The van der Waals surface area contributed by atoms with Crippen LogP contribution in [0.1, 0.15) is 18.2 Å². The van der Waals surface area contributed by atoms with E-state index >= 15 is 0 Å². The summed E-state index contributed by atoms with van der Waals surface area (Å²) in [4.78, 5) is 26.5. The number of aliphatic carboxylic acids is 1. The fraction of sp³-hybridized carbons (Fsp3) is 0.615. The van der Waals surface area contributed by atoms with Gasteiger partial charge in [-0.25, -0.2) is 0 Å². The minimum atomic E-state index is -1.06. The number of aliphatic hydroxyl groups is 2. The Morgan fingerprint density at radius 3 is 2.88 bits per heavy atom. The molecule has 24 heavy (non-hydrogen) atoms. The summed E-state index contributed by atoms with van der Waals surface area (Å²) in [6.45, 7) is -0.349. The zero-order chi connectivity index (χ0) is 17.9. The second kappa shape index (κ2) is 8.06. The molecule has 2 rings (SSSR count). The molecule has 2 heterocycles.